The van der Waals surface area contributed by atoms with E-state index in [0.717, 1.165) is 6.07 Å². The summed E-state index contributed by atoms with van der Waals surface area (Å²) in [5, 5.41) is 5.66. The molecule has 5 nitrogen and oxygen atoms in total. The molecule has 1 aromatic rings. The lowest BCUT2D eigenvalue weighted by molar-refractivity contribution is 0.228. The van der Waals surface area contributed by atoms with Gasteiger partial charge in [0.1, 0.15) is 10.6 Å². The molecule has 134 valence electrons. The molecule has 1 aromatic carbocycles. The van der Waals surface area contributed by atoms with Crippen molar-refractivity contribution in [3.05, 3.63) is 33.3 Å². The maximum atomic E-state index is 13.9. The fraction of sp³-hybridized carbons (Fsp3) is 0.357. The summed E-state index contributed by atoms with van der Waals surface area (Å²) >= 11 is 17.1. The van der Waals surface area contributed by atoms with E-state index in [2.05, 4.69) is 10.6 Å². The highest BCUT2D eigenvalue weighted by Crippen LogP contribution is 2.58. The second kappa shape index (κ2) is 9.70. The maximum Gasteiger partial charge on any atom is 0.372 e. The van der Waals surface area contributed by atoms with Gasteiger partial charge in [0.2, 0.25) is 0 Å². The Balaban J connectivity index is 3.27. The molecule has 0 atom stereocenters. The average Bonchev–Trinajstić information content (AvgIpc) is 2.52. The molecular weight excluding hydrogens is 397 g/mol. The molecule has 0 aromatic heterocycles. The number of thiocarbonyl (C=S) groups is 1. The number of anilines is 1. The molecule has 1 rings (SSSR count). The molecule has 0 unspecified atom stereocenters. The summed E-state index contributed by atoms with van der Waals surface area (Å²) in [6, 6.07) is 2.50. The molecule has 0 radical (unpaired) electrons. The van der Waals surface area contributed by atoms with Gasteiger partial charge in [-0.1, -0.05) is 23.2 Å². The van der Waals surface area contributed by atoms with Crippen LogP contribution in [0.15, 0.2) is 16.9 Å². The van der Waals surface area contributed by atoms with E-state index < -0.39 is 13.4 Å². The highest BCUT2D eigenvalue weighted by Gasteiger charge is 2.28. The first-order valence-electron chi connectivity index (χ1n) is 7.02. The van der Waals surface area contributed by atoms with Crippen molar-refractivity contribution in [1.29, 1.82) is 0 Å². The summed E-state index contributed by atoms with van der Waals surface area (Å²) in [6.07, 6.45) is 1.32. The number of hydrogen-bond acceptors (Lipinski definition) is 4. The first-order valence-corrected chi connectivity index (χ1v) is 9.72. The third-order valence-electron chi connectivity index (χ3n) is 2.70. The Morgan fingerprint density at radius 1 is 1.38 bits per heavy atom. The topological polar surface area (TPSA) is 59.6 Å². The van der Waals surface area contributed by atoms with Gasteiger partial charge in [0.25, 0.3) is 0 Å². The fourth-order valence-electron chi connectivity index (χ4n) is 1.66. The summed E-state index contributed by atoms with van der Waals surface area (Å²) in [6.45, 7) is 3.65. The predicted molar refractivity (Wildman–Crippen MR) is 101 cm³/mol. The van der Waals surface area contributed by atoms with Crippen LogP contribution in [0.1, 0.15) is 19.4 Å². The van der Waals surface area contributed by atoms with Crippen LogP contribution in [-0.4, -0.2) is 25.4 Å². The molecule has 0 heterocycles. The molecule has 0 fully saturated rings. The van der Waals surface area contributed by atoms with Crippen LogP contribution >= 0.6 is 43.0 Å². The van der Waals surface area contributed by atoms with Crippen molar-refractivity contribution in [2.45, 2.75) is 13.8 Å². The highest BCUT2D eigenvalue weighted by atomic mass is 35.5. The van der Waals surface area contributed by atoms with Crippen molar-refractivity contribution in [3.63, 3.8) is 0 Å². The Kier molecular flexibility index (Phi) is 8.63. The van der Waals surface area contributed by atoms with Crippen LogP contribution in [0.3, 0.4) is 0 Å². The highest BCUT2D eigenvalue weighted by molar-refractivity contribution is 7.80. The lowest BCUT2D eigenvalue weighted by Crippen LogP contribution is -2.24. The molecule has 0 bridgehead atoms. The van der Waals surface area contributed by atoms with Gasteiger partial charge in [0.15, 0.2) is 5.11 Å². The average molecular weight is 415 g/mol. The van der Waals surface area contributed by atoms with Crippen molar-refractivity contribution in [2.75, 3.05) is 25.6 Å². The van der Waals surface area contributed by atoms with Crippen molar-refractivity contribution in [3.8, 4) is 0 Å². The molecule has 0 aliphatic rings. The van der Waals surface area contributed by atoms with Crippen LogP contribution in [0, 0.1) is 5.82 Å². The Morgan fingerprint density at radius 3 is 2.46 bits per heavy atom. The van der Waals surface area contributed by atoms with E-state index in [9.17, 15) is 8.96 Å². The molecular formula is C14H18Cl2FN2O3PS. The van der Waals surface area contributed by atoms with Gasteiger partial charge in [-0.05, 0) is 49.8 Å². The van der Waals surface area contributed by atoms with Crippen molar-refractivity contribution in [2.24, 2.45) is 0 Å². The van der Waals surface area contributed by atoms with Crippen LogP contribution in [0.5, 0.6) is 0 Å². The third-order valence-corrected chi connectivity index (χ3v) is 5.91. The van der Waals surface area contributed by atoms with E-state index in [1.807, 2.05) is 0 Å². The summed E-state index contributed by atoms with van der Waals surface area (Å²) < 4.78 is 36.7. The Morgan fingerprint density at radius 2 is 1.96 bits per heavy atom. The molecule has 0 spiro atoms. The second-order valence-corrected chi connectivity index (χ2v) is 7.84. The van der Waals surface area contributed by atoms with Gasteiger partial charge in [0, 0.05) is 7.05 Å². The molecule has 0 aliphatic carbocycles. The molecule has 24 heavy (non-hydrogen) atoms. The lowest BCUT2D eigenvalue weighted by atomic mass is 10.2. The molecule has 2 N–H and O–H groups in total. The van der Waals surface area contributed by atoms with E-state index in [1.54, 1.807) is 20.9 Å². The number of halogens is 3. The number of benzene rings is 1. The molecule has 0 saturated carbocycles. The van der Waals surface area contributed by atoms with Gasteiger partial charge in [-0.15, -0.1) is 0 Å². The zero-order valence-corrected chi connectivity index (χ0v) is 16.6. The summed E-state index contributed by atoms with van der Waals surface area (Å²) in [5.41, 5.74) is 0.432. The van der Waals surface area contributed by atoms with Crippen molar-refractivity contribution < 1.29 is 18.0 Å². The minimum Gasteiger partial charge on any atom is -0.366 e. The van der Waals surface area contributed by atoms with Gasteiger partial charge in [-0.25, -0.2) is 4.39 Å². The summed E-state index contributed by atoms with van der Waals surface area (Å²) in [4.78, 5) is 0. The Labute approximate surface area is 156 Å². The zero-order chi connectivity index (χ0) is 18.3. The van der Waals surface area contributed by atoms with E-state index in [4.69, 9.17) is 44.5 Å². The van der Waals surface area contributed by atoms with Crippen LogP contribution < -0.4 is 10.6 Å². The van der Waals surface area contributed by atoms with E-state index >= 15 is 0 Å². The first-order chi connectivity index (χ1) is 11.3. The SMILES string of the molecule is CCOP(=O)(OCC)/C(Cl)=C/c1cc(NC(=S)NC)c(F)cc1Cl. The summed E-state index contributed by atoms with van der Waals surface area (Å²) in [7, 11) is -2.04. The number of nitrogens with one attached hydrogen (secondary N) is 2. The third kappa shape index (κ3) is 5.69. The van der Waals surface area contributed by atoms with Crippen molar-refractivity contribution in [1.82, 2.24) is 5.32 Å². The minimum absolute atomic E-state index is 0.0890. The first kappa shape index (κ1) is 21.4. The quantitative estimate of drug-likeness (QED) is 0.472. The second-order valence-electron chi connectivity index (χ2n) is 4.36. The van der Waals surface area contributed by atoms with Gasteiger partial charge in [-0.2, -0.15) is 0 Å². The lowest BCUT2D eigenvalue weighted by Gasteiger charge is -2.16. The van der Waals surface area contributed by atoms with Crippen LogP contribution in [-0.2, 0) is 13.6 Å². The van der Waals surface area contributed by atoms with Gasteiger partial charge < -0.3 is 19.7 Å². The molecule has 10 heteroatoms. The van der Waals surface area contributed by atoms with E-state index in [-0.39, 0.29) is 33.8 Å². The molecule has 0 amide bonds. The van der Waals surface area contributed by atoms with Gasteiger partial charge in [0.05, 0.1) is 23.9 Å². The summed E-state index contributed by atoms with van der Waals surface area (Å²) in [5.74, 6) is -0.594. The van der Waals surface area contributed by atoms with E-state index in [1.165, 1.54) is 12.1 Å². The predicted octanol–water partition coefficient (Wildman–Crippen LogP) is 5.20. The van der Waals surface area contributed by atoms with Crippen LogP contribution in [0.4, 0.5) is 10.1 Å². The fourth-order valence-corrected chi connectivity index (χ4v) is 3.69. The van der Waals surface area contributed by atoms with Gasteiger partial charge >= 0.3 is 7.60 Å². The molecule has 0 saturated heterocycles. The van der Waals surface area contributed by atoms with Crippen LogP contribution in [0.25, 0.3) is 6.08 Å². The monoisotopic (exact) mass is 414 g/mol. The van der Waals surface area contributed by atoms with Crippen LogP contribution in [0.2, 0.25) is 5.02 Å². The number of rotatable bonds is 7. The Bertz CT molecular complexity index is 678. The van der Waals surface area contributed by atoms with Crippen molar-refractivity contribution >= 4 is 59.9 Å². The number of hydrogen-bond donors (Lipinski definition) is 2. The maximum absolute atomic E-state index is 13.9. The smallest absolute Gasteiger partial charge is 0.366 e. The largest absolute Gasteiger partial charge is 0.372 e. The van der Waals surface area contributed by atoms with Gasteiger partial charge in [-0.3, -0.25) is 4.57 Å². The normalized spacial score (nSPS) is 12.2. The standard InChI is InChI=1S/C14H18Cl2FN2O3PS/c1-4-21-23(20,22-5-2)13(16)7-9-6-12(19-14(24)18-3)11(17)8-10(9)15/h6-8H,4-5H2,1-3H3,(H2,18,19,24)/b13-7+. The Hall–Kier alpha value is -0.690. The van der Waals surface area contributed by atoms with E-state index in [0.29, 0.717) is 5.56 Å². The minimum atomic E-state index is -3.64. The molecule has 0 aliphatic heterocycles. The zero-order valence-electron chi connectivity index (χ0n) is 13.4.